The summed E-state index contributed by atoms with van der Waals surface area (Å²) in [4.78, 5) is 11.4. The lowest BCUT2D eigenvalue weighted by atomic mass is 9.88. The predicted octanol–water partition coefficient (Wildman–Crippen LogP) is 1.94. The standard InChI is InChI=1S/C10H15N3O/c1-3-4-7-5-8(14)11-10-9(7)6(2)12-13-10/h7H,3-5H2,1-2H3,(H2,11,12,13,14). The van der Waals surface area contributed by atoms with Crippen molar-refractivity contribution in [3.05, 3.63) is 11.3 Å². The molecule has 0 spiro atoms. The Morgan fingerprint density at radius 1 is 1.57 bits per heavy atom. The molecule has 4 heteroatoms. The highest BCUT2D eigenvalue weighted by molar-refractivity contribution is 5.93. The molecular formula is C10H15N3O. The van der Waals surface area contributed by atoms with E-state index in [1.54, 1.807) is 0 Å². The minimum atomic E-state index is 0.0856. The molecule has 2 rings (SSSR count). The molecule has 1 amide bonds. The molecule has 4 nitrogen and oxygen atoms in total. The van der Waals surface area contributed by atoms with Crippen LogP contribution in [-0.2, 0) is 4.79 Å². The highest BCUT2D eigenvalue weighted by Gasteiger charge is 2.28. The van der Waals surface area contributed by atoms with Gasteiger partial charge in [0, 0.05) is 17.7 Å². The second-order valence-corrected chi connectivity index (χ2v) is 3.85. The number of aromatic nitrogens is 2. The van der Waals surface area contributed by atoms with Crippen LogP contribution in [0.1, 0.15) is 43.4 Å². The van der Waals surface area contributed by atoms with Gasteiger partial charge < -0.3 is 5.32 Å². The Labute approximate surface area is 83.1 Å². The zero-order valence-electron chi connectivity index (χ0n) is 8.55. The first-order valence-electron chi connectivity index (χ1n) is 5.07. The first-order chi connectivity index (χ1) is 6.72. The number of carbonyl (C=O) groups excluding carboxylic acids is 1. The number of aromatic amines is 1. The van der Waals surface area contributed by atoms with E-state index in [4.69, 9.17) is 0 Å². The Hall–Kier alpha value is -1.32. The van der Waals surface area contributed by atoms with Gasteiger partial charge in [0.1, 0.15) is 0 Å². The predicted molar refractivity (Wildman–Crippen MR) is 54.2 cm³/mol. The fourth-order valence-corrected chi connectivity index (χ4v) is 2.14. The lowest BCUT2D eigenvalue weighted by Gasteiger charge is -2.21. The molecule has 1 aliphatic rings. The Balaban J connectivity index is 2.36. The molecule has 0 fully saturated rings. The third kappa shape index (κ3) is 1.41. The van der Waals surface area contributed by atoms with Crippen LogP contribution in [0, 0.1) is 6.92 Å². The van der Waals surface area contributed by atoms with E-state index in [1.165, 1.54) is 5.56 Å². The number of hydrogen-bond acceptors (Lipinski definition) is 2. The van der Waals surface area contributed by atoms with E-state index in [1.807, 2.05) is 6.92 Å². The minimum absolute atomic E-state index is 0.0856. The zero-order chi connectivity index (χ0) is 10.1. The van der Waals surface area contributed by atoms with Crippen LogP contribution in [0.25, 0.3) is 0 Å². The molecule has 1 aliphatic heterocycles. The van der Waals surface area contributed by atoms with Crippen LogP contribution in [0.2, 0.25) is 0 Å². The minimum Gasteiger partial charge on any atom is -0.309 e. The fourth-order valence-electron chi connectivity index (χ4n) is 2.14. The topological polar surface area (TPSA) is 57.8 Å². The van der Waals surface area contributed by atoms with Crippen LogP contribution in [0.4, 0.5) is 5.82 Å². The van der Waals surface area contributed by atoms with Crippen LogP contribution in [0.3, 0.4) is 0 Å². The van der Waals surface area contributed by atoms with Crippen molar-refractivity contribution in [2.45, 2.75) is 39.0 Å². The second kappa shape index (κ2) is 3.44. The number of hydrogen-bond donors (Lipinski definition) is 2. The van der Waals surface area contributed by atoms with E-state index >= 15 is 0 Å². The molecule has 0 radical (unpaired) electrons. The van der Waals surface area contributed by atoms with E-state index in [0.717, 1.165) is 24.4 Å². The summed E-state index contributed by atoms with van der Waals surface area (Å²) in [6, 6.07) is 0. The summed E-state index contributed by atoms with van der Waals surface area (Å²) in [5, 5.41) is 9.79. The number of anilines is 1. The van der Waals surface area contributed by atoms with Crippen molar-refractivity contribution in [3.8, 4) is 0 Å². The molecule has 1 unspecified atom stereocenters. The normalized spacial score (nSPS) is 20.4. The van der Waals surface area contributed by atoms with Crippen molar-refractivity contribution in [1.82, 2.24) is 10.2 Å². The van der Waals surface area contributed by atoms with Gasteiger partial charge in [-0.3, -0.25) is 9.89 Å². The van der Waals surface area contributed by atoms with Crippen molar-refractivity contribution in [1.29, 1.82) is 0 Å². The van der Waals surface area contributed by atoms with Crippen molar-refractivity contribution in [3.63, 3.8) is 0 Å². The summed E-state index contributed by atoms with van der Waals surface area (Å²) >= 11 is 0. The van der Waals surface area contributed by atoms with Crippen LogP contribution in [0.15, 0.2) is 0 Å². The molecule has 2 N–H and O–H groups in total. The van der Waals surface area contributed by atoms with E-state index < -0.39 is 0 Å². The third-order valence-corrected chi connectivity index (χ3v) is 2.73. The molecule has 14 heavy (non-hydrogen) atoms. The largest absolute Gasteiger partial charge is 0.309 e. The van der Waals surface area contributed by atoms with Gasteiger partial charge in [-0.2, -0.15) is 5.10 Å². The van der Waals surface area contributed by atoms with Gasteiger partial charge in [0.25, 0.3) is 0 Å². The van der Waals surface area contributed by atoms with Gasteiger partial charge in [-0.05, 0) is 19.3 Å². The summed E-state index contributed by atoms with van der Waals surface area (Å²) in [5.74, 6) is 1.17. The number of carbonyl (C=O) groups is 1. The van der Waals surface area contributed by atoms with E-state index in [-0.39, 0.29) is 5.91 Å². The quantitative estimate of drug-likeness (QED) is 0.754. The molecule has 0 saturated carbocycles. The fraction of sp³-hybridized carbons (Fsp3) is 0.600. The average Bonchev–Trinajstić information content (AvgIpc) is 2.48. The molecule has 0 aromatic carbocycles. The Bertz CT molecular complexity index is 356. The molecule has 0 aliphatic carbocycles. The monoisotopic (exact) mass is 193 g/mol. The van der Waals surface area contributed by atoms with Crippen molar-refractivity contribution < 1.29 is 4.79 Å². The number of nitrogens with zero attached hydrogens (tertiary/aromatic N) is 1. The van der Waals surface area contributed by atoms with Gasteiger partial charge in [0.2, 0.25) is 5.91 Å². The third-order valence-electron chi connectivity index (χ3n) is 2.73. The number of rotatable bonds is 2. The maximum Gasteiger partial charge on any atom is 0.226 e. The summed E-state index contributed by atoms with van der Waals surface area (Å²) in [6.07, 6.45) is 2.75. The van der Waals surface area contributed by atoms with E-state index in [0.29, 0.717) is 12.3 Å². The lowest BCUT2D eigenvalue weighted by Crippen LogP contribution is -2.22. The van der Waals surface area contributed by atoms with Crippen LogP contribution in [-0.4, -0.2) is 16.1 Å². The van der Waals surface area contributed by atoms with Gasteiger partial charge in [-0.15, -0.1) is 0 Å². The number of fused-ring (bicyclic) bond motifs is 1. The summed E-state index contributed by atoms with van der Waals surface area (Å²) < 4.78 is 0. The molecule has 0 bridgehead atoms. The van der Waals surface area contributed by atoms with Crippen molar-refractivity contribution in [2.75, 3.05) is 5.32 Å². The Morgan fingerprint density at radius 3 is 3.07 bits per heavy atom. The van der Waals surface area contributed by atoms with Gasteiger partial charge in [-0.25, -0.2) is 0 Å². The zero-order valence-corrected chi connectivity index (χ0v) is 8.55. The molecule has 2 heterocycles. The molecule has 1 aromatic heterocycles. The molecule has 1 atom stereocenters. The first-order valence-corrected chi connectivity index (χ1v) is 5.07. The molecular weight excluding hydrogens is 178 g/mol. The Kier molecular flexibility index (Phi) is 2.27. The average molecular weight is 193 g/mol. The molecule has 76 valence electrons. The number of nitrogens with one attached hydrogen (secondary N) is 2. The van der Waals surface area contributed by atoms with Crippen LogP contribution < -0.4 is 5.32 Å². The molecule has 1 aromatic rings. The lowest BCUT2D eigenvalue weighted by molar-refractivity contribution is -0.116. The smallest absolute Gasteiger partial charge is 0.226 e. The number of amides is 1. The van der Waals surface area contributed by atoms with Crippen molar-refractivity contribution >= 4 is 11.7 Å². The number of aryl methyl sites for hydroxylation is 1. The van der Waals surface area contributed by atoms with E-state index in [9.17, 15) is 4.79 Å². The molecule has 0 saturated heterocycles. The highest BCUT2D eigenvalue weighted by atomic mass is 16.1. The summed E-state index contributed by atoms with van der Waals surface area (Å²) in [6.45, 7) is 4.15. The van der Waals surface area contributed by atoms with Gasteiger partial charge in [0.05, 0.1) is 0 Å². The number of H-pyrrole nitrogens is 1. The van der Waals surface area contributed by atoms with Gasteiger partial charge in [0.15, 0.2) is 5.82 Å². The van der Waals surface area contributed by atoms with Crippen LogP contribution in [0.5, 0.6) is 0 Å². The Morgan fingerprint density at radius 2 is 2.36 bits per heavy atom. The van der Waals surface area contributed by atoms with Crippen LogP contribution >= 0.6 is 0 Å². The van der Waals surface area contributed by atoms with E-state index in [2.05, 4.69) is 22.4 Å². The first kappa shape index (κ1) is 9.24. The SMILES string of the molecule is CCCC1CC(=O)Nc2n[nH]c(C)c21. The second-order valence-electron chi connectivity index (χ2n) is 3.85. The summed E-state index contributed by atoms with van der Waals surface area (Å²) in [7, 11) is 0. The van der Waals surface area contributed by atoms with Gasteiger partial charge in [-0.1, -0.05) is 13.3 Å². The maximum atomic E-state index is 11.4. The summed E-state index contributed by atoms with van der Waals surface area (Å²) in [5.41, 5.74) is 2.28. The highest BCUT2D eigenvalue weighted by Crippen LogP contribution is 2.35. The maximum absolute atomic E-state index is 11.4. The van der Waals surface area contributed by atoms with Crippen molar-refractivity contribution in [2.24, 2.45) is 0 Å². The van der Waals surface area contributed by atoms with Gasteiger partial charge >= 0.3 is 0 Å².